The van der Waals surface area contributed by atoms with E-state index in [4.69, 9.17) is 10.6 Å². The molecule has 1 aromatic carbocycles. The lowest BCUT2D eigenvalue weighted by Gasteiger charge is -2.07. The van der Waals surface area contributed by atoms with Crippen molar-refractivity contribution in [3.05, 3.63) is 34.2 Å². The van der Waals surface area contributed by atoms with Crippen LogP contribution in [0.2, 0.25) is 0 Å². The lowest BCUT2D eigenvalue weighted by molar-refractivity contribution is 0.0698. The van der Waals surface area contributed by atoms with E-state index in [1.54, 1.807) is 7.05 Å². The number of anilines is 1. The molecule has 0 aliphatic heterocycles. The second kappa shape index (κ2) is 4.15. The van der Waals surface area contributed by atoms with Crippen molar-refractivity contribution in [1.29, 1.82) is 0 Å². The zero-order valence-electron chi connectivity index (χ0n) is 7.43. The summed E-state index contributed by atoms with van der Waals surface area (Å²) in [6, 6.07) is 4.50. The van der Waals surface area contributed by atoms with E-state index in [1.165, 1.54) is 18.2 Å². The van der Waals surface area contributed by atoms with Crippen LogP contribution in [0.5, 0.6) is 0 Å². The van der Waals surface area contributed by atoms with Gasteiger partial charge in [0.25, 0.3) is 0 Å². The van der Waals surface area contributed by atoms with E-state index < -0.39 is 5.97 Å². The molecule has 14 heavy (non-hydrogen) atoms. The number of nitrogens with one attached hydrogen (secondary N) is 1. The van der Waals surface area contributed by atoms with Crippen molar-refractivity contribution in [2.75, 3.05) is 12.4 Å². The highest BCUT2D eigenvalue weighted by Crippen LogP contribution is 2.28. The summed E-state index contributed by atoms with van der Waals surface area (Å²) < 4.78 is 0. The van der Waals surface area contributed by atoms with Gasteiger partial charge in [0, 0.05) is 12.0 Å². The van der Waals surface area contributed by atoms with Crippen LogP contribution in [0, 0.1) is 0 Å². The molecule has 0 spiro atoms. The van der Waals surface area contributed by atoms with Crippen molar-refractivity contribution in [3.63, 3.8) is 0 Å². The van der Waals surface area contributed by atoms with E-state index in [1.807, 2.05) is 0 Å². The third-order valence-electron chi connectivity index (χ3n) is 1.68. The van der Waals surface area contributed by atoms with E-state index in [0.717, 1.165) is 0 Å². The van der Waals surface area contributed by atoms with Crippen LogP contribution in [0.4, 0.5) is 11.4 Å². The van der Waals surface area contributed by atoms with Gasteiger partial charge in [0.1, 0.15) is 0 Å². The molecule has 0 unspecified atom stereocenters. The minimum Gasteiger partial charge on any atom is -0.478 e. The lowest BCUT2D eigenvalue weighted by atomic mass is 10.1. The Balaban J connectivity index is 3.39. The maximum atomic E-state index is 10.8. The summed E-state index contributed by atoms with van der Waals surface area (Å²) >= 11 is 0. The Morgan fingerprint density at radius 3 is 2.86 bits per heavy atom. The van der Waals surface area contributed by atoms with Crippen LogP contribution in [0.15, 0.2) is 23.3 Å². The Hall–Kier alpha value is -2.20. The number of nitrogens with zero attached hydrogens (tertiary/aromatic N) is 3. The fourth-order valence-electron chi connectivity index (χ4n) is 1.11. The fraction of sp³-hybridized carbons (Fsp3) is 0.125. The van der Waals surface area contributed by atoms with Crippen LogP contribution in [0.3, 0.4) is 0 Å². The van der Waals surface area contributed by atoms with E-state index >= 15 is 0 Å². The molecule has 72 valence electrons. The molecule has 1 aromatic rings. The third-order valence-corrected chi connectivity index (χ3v) is 1.68. The van der Waals surface area contributed by atoms with E-state index in [9.17, 15) is 4.79 Å². The van der Waals surface area contributed by atoms with Gasteiger partial charge in [0.05, 0.1) is 16.9 Å². The van der Waals surface area contributed by atoms with Crippen LogP contribution < -0.4 is 5.32 Å². The fourth-order valence-corrected chi connectivity index (χ4v) is 1.11. The first-order valence-corrected chi connectivity index (χ1v) is 3.80. The standard InChI is InChI=1S/C8H8N4O2/c1-10-7-5(8(13)14)3-2-4-6(7)11-12-9/h2-4,10H,1H3,(H,13,14). The smallest absolute Gasteiger partial charge is 0.337 e. The largest absolute Gasteiger partial charge is 0.478 e. The highest BCUT2D eigenvalue weighted by atomic mass is 16.4. The van der Waals surface area contributed by atoms with Crippen molar-refractivity contribution in [2.24, 2.45) is 5.11 Å². The highest BCUT2D eigenvalue weighted by Gasteiger charge is 2.11. The summed E-state index contributed by atoms with van der Waals surface area (Å²) in [6.45, 7) is 0. The summed E-state index contributed by atoms with van der Waals surface area (Å²) in [4.78, 5) is 13.4. The molecule has 6 heteroatoms. The van der Waals surface area contributed by atoms with Gasteiger partial charge in [0.15, 0.2) is 0 Å². The van der Waals surface area contributed by atoms with Gasteiger partial charge in [-0.1, -0.05) is 17.2 Å². The molecular formula is C8H8N4O2. The van der Waals surface area contributed by atoms with Crippen LogP contribution >= 0.6 is 0 Å². The molecule has 0 aliphatic rings. The van der Waals surface area contributed by atoms with Gasteiger partial charge in [-0.15, -0.1) is 0 Å². The zero-order valence-corrected chi connectivity index (χ0v) is 7.43. The molecule has 0 fully saturated rings. The van der Waals surface area contributed by atoms with Crippen molar-refractivity contribution < 1.29 is 9.90 Å². The molecular weight excluding hydrogens is 184 g/mol. The van der Waals surface area contributed by atoms with E-state index in [-0.39, 0.29) is 11.3 Å². The Kier molecular flexibility index (Phi) is 2.93. The first kappa shape index (κ1) is 9.88. The van der Waals surface area contributed by atoms with Gasteiger partial charge in [-0.2, -0.15) is 0 Å². The maximum Gasteiger partial charge on any atom is 0.337 e. The van der Waals surface area contributed by atoms with Gasteiger partial charge in [-0.3, -0.25) is 0 Å². The highest BCUT2D eigenvalue weighted by molar-refractivity contribution is 5.97. The molecule has 0 saturated heterocycles. The van der Waals surface area contributed by atoms with Crippen molar-refractivity contribution in [3.8, 4) is 0 Å². The number of azide groups is 1. The molecule has 0 atom stereocenters. The average Bonchev–Trinajstić information content (AvgIpc) is 2.18. The number of hydrogen-bond acceptors (Lipinski definition) is 3. The topological polar surface area (TPSA) is 98.1 Å². The molecule has 0 saturated carbocycles. The first-order chi connectivity index (χ1) is 6.70. The van der Waals surface area contributed by atoms with Gasteiger partial charge in [0.2, 0.25) is 0 Å². The number of aromatic carboxylic acids is 1. The van der Waals surface area contributed by atoms with E-state index in [0.29, 0.717) is 5.69 Å². The number of benzene rings is 1. The Morgan fingerprint density at radius 1 is 1.64 bits per heavy atom. The molecule has 0 radical (unpaired) electrons. The van der Waals surface area contributed by atoms with Crippen molar-refractivity contribution in [2.45, 2.75) is 0 Å². The van der Waals surface area contributed by atoms with Gasteiger partial charge < -0.3 is 10.4 Å². The number of rotatable bonds is 3. The monoisotopic (exact) mass is 192 g/mol. The predicted octanol–water partition coefficient (Wildman–Crippen LogP) is 2.37. The number of para-hydroxylation sites is 1. The predicted molar refractivity (Wildman–Crippen MR) is 51.8 cm³/mol. The van der Waals surface area contributed by atoms with E-state index in [2.05, 4.69) is 15.3 Å². The minimum absolute atomic E-state index is 0.0809. The van der Waals surface area contributed by atoms with Gasteiger partial charge >= 0.3 is 5.97 Å². The summed E-state index contributed by atoms with van der Waals surface area (Å²) in [7, 11) is 1.57. The lowest BCUT2D eigenvalue weighted by Crippen LogP contribution is -2.02. The summed E-state index contributed by atoms with van der Waals surface area (Å²) in [5.41, 5.74) is 8.92. The van der Waals surface area contributed by atoms with Crippen LogP contribution in [-0.4, -0.2) is 18.1 Å². The molecule has 2 N–H and O–H groups in total. The van der Waals surface area contributed by atoms with Gasteiger partial charge in [-0.05, 0) is 11.6 Å². The summed E-state index contributed by atoms with van der Waals surface area (Å²) in [5.74, 6) is -1.07. The number of carboxylic acids is 1. The van der Waals surface area contributed by atoms with Gasteiger partial charge in [-0.25, -0.2) is 4.79 Å². The quantitative estimate of drug-likeness (QED) is 0.436. The minimum atomic E-state index is -1.07. The second-order valence-corrected chi connectivity index (χ2v) is 2.44. The average molecular weight is 192 g/mol. The normalized spacial score (nSPS) is 8.93. The van der Waals surface area contributed by atoms with Crippen LogP contribution in [0.25, 0.3) is 10.4 Å². The van der Waals surface area contributed by atoms with Crippen molar-refractivity contribution >= 4 is 17.3 Å². The Bertz CT molecular complexity index is 390. The molecule has 0 heterocycles. The van der Waals surface area contributed by atoms with Crippen LogP contribution in [0.1, 0.15) is 10.4 Å². The Labute approximate surface area is 79.8 Å². The number of carboxylic acid groups (broad SMARTS) is 1. The molecule has 0 bridgehead atoms. The third kappa shape index (κ3) is 1.75. The molecule has 6 nitrogen and oxygen atoms in total. The SMILES string of the molecule is CNc1c(N=[N+]=[N-])cccc1C(=O)O. The van der Waals surface area contributed by atoms with Crippen molar-refractivity contribution in [1.82, 2.24) is 0 Å². The number of carbonyl (C=O) groups is 1. The summed E-state index contributed by atoms with van der Waals surface area (Å²) in [5, 5.41) is 14.9. The number of hydrogen-bond donors (Lipinski definition) is 2. The maximum absolute atomic E-state index is 10.8. The summed E-state index contributed by atoms with van der Waals surface area (Å²) in [6.07, 6.45) is 0. The molecule has 1 rings (SSSR count). The Morgan fingerprint density at radius 2 is 2.36 bits per heavy atom. The first-order valence-electron chi connectivity index (χ1n) is 3.80. The molecule has 0 aromatic heterocycles. The zero-order chi connectivity index (χ0) is 10.6. The molecule has 0 amide bonds. The van der Waals surface area contributed by atoms with Crippen LogP contribution in [-0.2, 0) is 0 Å². The molecule has 0 aliphatic carbocycles. The second-order valence-electron chi connectivity index (χ2n) is 2.44.